The molecule has 1 aliphatic rings. The zero-order chi connectivity index (χ0) is 10.0. The number of rotatable bonds is 2. The van der Waals surface area contributed by atoms with Gasteiger partial charge in [-0.25, -0.2) is 0 Å². The van der Waals surface area contributed by atoms with Crippen molar-refractivity contribution < 1.29 is 25.2 Å². The second-order valence-electron chi connectivity index (χ2n) is 2.93. The van der Waals surface area contributed by atoms with E-state index in [4.69, 9.17) is 9.84 Å². The number of thioether (sulfide) groups is 1. The van der Waals surface area contributed by atoms with Crippen LogP contribution in [0.15, 0.2) is 0 Å². The van der Waals surface area contributed by atoms with Crippen molar-refractivity contribution in [2.24, 2.45) is 0 Å². The Labute approximate surface area is 80.3 Å². The van der Waals surface area contributed by atoms with Crippen LogP contribution in [0.5, 0.6) is 0 Å². The maximum atomic E-state index is 9.38. The van der Waals surface area contributed by atoms with Gasteiger partial charge in [0.05, 0.1) is 6.61 Å². The van der Waals surface area contributed by atoms with E-state index in [2.05, 4.69) is 0 Å². The fraction of sp³-hybridized carbons (Fsp3) is 1.00. The van der Waals surface area contributed by atoms with Gasteiger partial charge in [0.2, 0.25) is 0 Å². The maximum absolute atomic E-state index is 9.38. The summed E-state index contributed by atoms with van der Waals surface area (Å²) < 4.78 is 5.13. The van der Waals surface area contributed by atoms with E-state index >= 15 is 0 Å². The molecule has 1 aliphatic heterocycles. The second-order valence-corrected chi connectivity index (χ2v) is 3.87. The molecule has 0 spiro atoms. The van der Waals surface area contributed by atoms with Crippen molar-refractivity contribution in [3.8, 4) is 0 Å². The number of hydrogen-bond donors (Lipinski definition) is 4. The lowest BCUT2D eigenvalue weighted by Gasteiger charge is -2.39. The molecule has 1 fully saturated rings. The van der Waals surface area contributed by atoms with Crippen molar-refractivity contribution in [3.63, 3.8) is 0 Å². The number of ether oxygens (including phenoxy) is 1. The summed E-state index contributed by atoms with van der Waals surface area (Å²) in [7, 11) is 0. The molecule has 0 radical (unpaired) electrons. The quantitative estimate of drug-likeness (QED) is 0.428. The monoisotopic (exact) mass is 210 g/mol. The first-order valence-corrected chi connectivity index (χ1v) is 5.24. The highest BCUT2D eigenvalue weighted by Crippen LogP contribution is 2.26. The number of hydrogen-bond acceptors (Lipinski definition) is 6. The van der Waals surface area contributed by atoms with Crippen LogP contribution in [0, 0.1) is 0 Å². The molecule has 1 saturated heterocycles. The van der Waals surface area contributed by atoms with Gasteiger partial charge < -0.3 is 25.2 Å². The first-order chi connectivity index (χ1) is 6.11. The lowest BCUT2D eigenvalue weighted by Crippen LogP contribution is -2.57. The molecule has 78 valence electrons. The Balaban J connectivity index is 2.66. The van der Waals surface area contributed by atoms with Gasteiger partial charge in [0.15, 0.2) is 0 Å². The highest BCUT2D eigenvalue weighted by molar-refractivity contribution is 7.99. The summed E-state index contributed by atoms with van der Waals surface area (Å²) in [6, 6.07) is 0. The fourth-order valence-electron chi connectivity index (χ4n) is 1.26. The molecule has 0 aromatic carbocycles. The minimum atomic E-state index is -1.26. The van der Waals surface area contributed by atoms with Crippen LogP contribution in [-0.2, 0) is 4.74 Å². The van der Waals surface area contributed by atoms with E-state index in [0.29, 0.717) is 0 Å². The van der Waals surface area contributed by atoms with Crippen molar-refractivity contribution in [2.45, 2.75) is 29.9 Å². The molecule has 5 nitrogen and oxygen atoms in total. The van der Waals surface area contributed by atoms with Gasteiger partial charge in [-0.15, -0.1) is 11.8 Å². The molecule has 0 aromatic rings. The third-order valence-corrected chi connectivity index (χ3v) is 2.94. The molecule has 5 atom stereocenters. The van der Waals surface area contributed by atoms with Gasteiger partial charge in [0.1, 0.15) is 29.9 Å². The highest BCUT2D eigenvalue weighted by Gasteiger charge is 2.42. The second kappa shape index (κ2) is 4.59. The molecule has 1 heterocycles. The summed E-state index contributed by atoms with van der Waals surface area (Å²) >= 11 is 1.22. The van der Waals surface area contributed by atoms with Crippen LogP contribution in [0.3, 0.4) is 0 Å². The van der Waals surface area contributed by atoms with Crippen LogP contribution >= 0.6 is 11.8 Å². The molecule has 13 heavy (non-hydrogen) atoms. The standard InChI is InChI=1S/C7H14O5S/c1-13-7-6(11)5(10)4(9)3(2-8)12-7/h3-11H,2H2,1H3/t3?,4-,5-,6?,7-/m0/s1. The van der Waals surface area contributed by atoms with Gasteiger partial charge in [-0.2, -0.15) is 0 Å². The molecule has 0 bridgehead atoms. The number of aliphatic hydroxyl groups excluding tert-OH is 4. The lowest BCUT2D eigenvalue weighted by molar-refractivity contribution is -0.205. The van der Waals surface area contributed by atoms with Crippen molar-refractivity contribution in [2.75, 3.05) is 12.9 Å². The van der Waals surface area contributed by atoms with Crippen LogP contribution < -0.4 is 0 Å². The molecule has 0 aromatic heterocycles. The van der Waals surface area contributed by atoms with Gasteiger partial charge >= 0.3 is 0 Å². The molecule has 0 aliphatic carbocycles. The first kappa shape index (κ1) is 11.2. The Morgan fingerprint density at radius 3 is 2.23 bits per heavy atom. The normalized spacial score (nSPS) is 46.4. The average Bonchev–Trinajstić information content (AvgIpc) is 2.15. The maximum Gasteiger partial charge on any atom is 0.132 e. The molecular formula is C7H14O5S. The first-order valence-electron chi connectivity index (χ1n) is 3.95. The van der Waals surface area contributed by atoms with E-state index in [0.717, 1.165) is 0 Å². The van der Waals surface area contributed by atoms with Crippen LogP contribution in [0.2, 0.25) is 0 Å². The van der Waals surface area contributed by atoms with Crippen molar-refractivity contribution in [3.05, 3.63) is 0 Å². The van der Waals surface area contributed by atoms with Crippen LogP contribution in [0.4, 0.5) is 0 Å². The molecule has 6 heteroatoms. The Kier molecular flexibility index (Phi) is 3.96. The van der Waals surface area contributed by atoms with Gasteiger partial charge in [-0.05, 0) is 6.26 Å². The summed E-state index contributed by atoms with van der Waals surface area (Å²) in [4.78, 5) is 0. The molecule has 1 rings (SSSR count). The summed E-state index contributed by atoms with van der Waals surface area (Å²) in [5.74, 6) is 0. The Bertz CT molecular complexity index is 147. The van der Waals surface area contributed by atoms with Crippen molar-refractivity contribution in [1.82, 2.24) is 0 Å². The van der Waals surface area contributed by atoms with E-state index in [9.17, 15) is 15.3 Å². The molecule has 0 saturated carbocycles. The van der Waals surface area contributed by atoms with E-state index in [1.54, 1.807) is 6.26 Å². The summed E-state index contributed by atoms with van der Waals surface area (Å²) in [5, 5.41) is 36.8. The van der Waals surface area contributed by atoms with Crippen LogP contribution in [0.25, 0.3) is 0 Å². The van der Waals surface area contributed by atoms with E-state index in [-0.39, 0.29) is 6.61 Å². The largest absolute Gasteiger partial charge is 0.394 e. The fourth-order valence-corrected chi connectivity index (χ4v) is 1.96. The minimum absolute atomic E-state index is 0.373. The van der Waals surface area contributed by atoms with Gasteiger partial charge in [-0.1, -0.05) is 0 Å². The van der Waals surface area contributed by atoms with E-state index in [1.165, 1.54) is 11.8 Å². The zero-order valence-electron chi connectivity index (χ0n) is 7.20. The SMILES string of the molecule is CS[C@@H]1OC(CO)[C@H](O)[C@H](O)C1O. The lowest BCUT2D eigenvalue weighted by atomic mass is 10.0. The third kappa shape index (κ3) is 2.15. The number of aliphatic hydroxyl groups is 4. The van der Waals surface area contributed by atoms with E-state index in [1.807, 2.05) is 0 Å². The Hall–Kier alpha value is 0.150. The van der Waals surface area contributed by atoms with E-state index < -0.39 is 29.9 Å². The zero-order valence-corrected chi connectivity index (χ0v) is 8.02. The average molecular weight is 210 g/mol. The van der Waals surface area contributed by atoms with Gasteiger partial charge in [0, 0.05) is 0 Å². The topological polar surface area (TPSA) is 90.2 Å². The van der Waals surface area contributed by atoms with Crippen LogP contribution in [0.1, 0.15) is 0 Å². The smallest absolute Gasteiger partial charge is 0.132 e. The molecule has 2 unspecified atom stereocenters. The summed E-state index contributed by atoms with van der Waals surface area (Å²) in [5.41, 5.74) is -0.601. The molecular weight excluding hydrogens is 196 g/mol. The predicted molar refractivity (Wildman–Crippen MR) is 47.3 cm³/mol. The summed E-state index contributed by atoms with van der Waals surface area (Å²) in [6.45, 7) is -0.373. The molecule has 4 N–H and O–H groups in total. The van der Waals surface area contributed by atoms with Crippen molar-refractivity contribution in [1.29, 1.82) is 0 Å². The van der Waals surface area contributed by atoms with Crippen LogP contribution in [-0.4, -0.2) is 63.1 Å². The Morgan fingerprint density at radius 1 is 1.15 bits per heavy atom. The third-order valence-electron chi connectivity index (χ3n) is 2.08. The van der Waals surface area contributed by atoms with Crippen molar-refractivity contribution >= 4 is 11.8 Å². The predicted octanol–water partition coefficient (Wildman–Crippen LogP) is -1.85. The van der Waals surface area contributed by atoms with Gasteiger partial charge in [0.25, 0.3) is 0 Å². The minimum Gasteiger partial charge on any atom is -0.394 e. The Morgan fingerprint density at radius 2 is 1.77 bits per heavy atom. The van der Waals surface area contributed by atoms with Gasteiger partial charge in [-0.3, -0.25) is 0 Å². The summed E-state index contributed by atoms with van der Waals surface area (Å²) in [6.07, 6.45) is -2.72. The molecule has 0 amide bonds. The highest BCUT2D eigenvalue weighted by atomic mass is 32.2.